The molecule has 0 amide bonds. The summed E-state index contributed by atoms with van der Waals surface area (Å²) in [4.78, 5) is 10.8. The zero-order valence-electron chi connectivity index (χ0n) is 13.2. The van der Waals surface area contributed by atoms with Gasteiger partial charge in [0.15, 0.2) is 0 Å². The fourth-order valence-electron chi connectivity index (χ4n) is 2.63. The highest BCUT2D eigenvalue weighted by molar-refractivity contribution is 5.45. The summed E-state index contributed by atoms with van der Waals surface area (Å²) in [5, 5.41) is 7.69. The quantitative estimate of drug-likeness (QED) is 0.857. The van der Waals surface area contributed by atoms with E-state index in [0.717, 1.165) is 31.2 Å². The molecule has 0 aliphatic carbocycles. The van der Waals surface area contributed by atoms with Gasteiger partial charge in [-0.1, -0.05) is 0 Å². The van der Waals surface area contributed by atoms with Gasteiger partial charge in [0.25, 0.3) is 5.78 Å². The molecule has 8 nitrogen and oxygen atoms in total. The van der Waals surface area contributed by atoms with Crippen LogP contribution in [0, 0.1) is 0 Å². The molecule has 0 saturated carbocycles. The van der Waals surface area contributed by atoms with Crippen LogP contribution in [-0.4, -0.2) is 70.5 Å². The molecule has 2 aromatic rings. The van der Waals surface area contributed by atoms with Crippen molar-refractivity contribution >= 4 is 11.6 Å². The van der Waals surface area contributed by atoms with Crippen molar-refractivity contribution in [2.45, 2.75) is 25.7 Å². The number of fused-ring (bicyclic) bond motifs is 1. The first kappa shape index (κ1) is 15.1. The molecule has 3 heterocycles. The number of anilines is 1. The van der Waals surface area contributed by atoms with Crippen LogP contribution in [0.5, 0.6) is 0 Å². The van der Waals surface area contributed by atoms with Crippen LogP contribution < -0.4 is 5.32 Å². The average Bonchev–Trinajstić information content (AvgIpc) is 2.96. The minimum Gasteiger partial charge on any atom is -0.378 e. The highest BCUT2D eigenvalue weighted by Crippen LogP contribution is 2.16. The first-order valence-corrected chi connectivity index (χ1v) is 7.42. The maximum Gasteiger partial charge on any atom is 0.254 e. The van der Waals surface area contributed by atoms with Crippen molar-refractivity contribution in [3.8, 4) is 0 Å². The SMILES string of the molecule is COCc1cc(NC(C)C2CN(C)CCO2)n2ncnc2n1. The number of ether oxygens (including phenoxy) is 2. The van der Waals surface area contributed by atoms with E-state index in [-0.39, 0.29) is 12.1 Å². The molecule has 1 fully saturated rings. The van der Waals surface area contributed by atoms with E-state index < -0.39 is 0 Å². The number of methoxy groups -OCH3 is 1. The van der Waals surface area contributed by atoms with E-state index >= 15 is 0 Å². The second kappa shape index (κ2) is 6.55. The molecule has 1 N–H and O–H groups in total. The second-order valence-corrected chi connectivity index (χ2v) is 5.64. The normalized spacial score (nSPS) is 21.1. The molecule has 22 heavy (non-hydrogen) atoms. The van der Waals surface area contributed by atoms with Crippen molar-refractivity contribution in [3.05, 3.63) is 18.1 Å². The van der Waals surface area contributed by atoms with Gasteiger partial charge >= 0.3 is 0 Å². The third-order valence-electron chi connectivity index (χ3n) is 3.83. The lowest BCUT2D eigenvalue weighted by Gasteiger charge is -2.34. The molecule has 1 aliphatic heterocycles. The van der Waals surface area contributed by atoms with Gasteiger partial charge in [0, 0.05) is 26.3 Å². The Labute approximate surface area is 129 Å². The van der Waals surface area contributed by atoms with E-state index in [9.17, 15) is 0 Å². The van der Waals surface area contributed by atoms with Crippen LogP contribution in [0.4, 0.5) is 5.82 Å². The molecule has 1 aliphatic rings. The van der Waals surface area contributed by atoms with E-state index in [4.69, 9.17) is 9.47 Å². The number of nitrogens with zero attached hydrogens (tertiary/aromatic N) is 5. The fraction of sp³-hybridized carbons (Fsp3) is 0.643. The summed E-state index contributed by atoms with van der Waals surface area (Å²) in [7, 11) is 3.76. The van der Waals surface area contributed by atoms with Crippen LogP contribution in [0.2, 0.25) is 0 Å². The molecule has 2 unspecified atom stereocenters. The maximum atomic E-state index is 5.86. The number of nitrogens with one attached hydrogen (secondary N) is 1. The topological polar surface area (TPSA) is 76.8 Å². The Bertz CT molecular complexity index is 631. The van der Waals surface area contributed by atoms with Crippen LogP contribution in [0.15, 0.2) is 12.4 Å². The Hall–Kier alpha value is -1.77. The zero-order valence-corrected chi connectivity index (χ0v) is 13.2. The smallest absolute Gasteiger partial charge is 0.254 e. The standard InChI is InChI=1S/C14H22N6O2/c1-10(12-7-19(2)4-5-22-12)17-13-6-11(8-21-3)18-14-15-9-16-20(13)14/h6,9-10,12,17H,4-5,7-8H2,1-3H3. The summed E-state index contributed by atoms with van der Waals surface area (Å²) in [5.74, 6) is 1.41. The van der Waals surface area contributed by atoms with Crippen molar-refractivity contribution in [1.29, 1.82) is 0 Å². The predicted octanol–water partition coefficient (Wildman–Crippen LogP) is 0.402. The fourth-order valence-corrected chi connectivity index (χ4v) is 2.63. The number of morpholine rings is 1. The van der Waals surface area contributed by atoms with Crippen molar-refractivity contribution in [2.24, 2.45) is 0 Å². The highest BCUT2D eigenvalue weighted by Gasteiger charge is 2.24. The van der Waals surface area contributed by atoms with Gasteiger partial charge in [-0.05, 0) is 14.0 Å². The van der Waals surface area contributed by atoms with E-state index in [1.165, 1.54) is 6.33 Å². The van der Waals surface area contributed by atoms with Gasteiger partial charge in [0.1, 0.15) is 12.1 Å². The van der Waals surface area contributed by atoms with Crippen LogP contribution in [0.3, 0.4) is 0 Å². The molecule has 8 heteroatoms. The Morgan fingerprint density at radius 2 is 2.41 bits per heavy atom. The summed E-state index contributed by atoms with van der Waals surface area (Å²) in [6.07, 6.45) is 1.64. The summed E-state index contributed by atoms with van der Waals surface area (Å²) in [5.41, 5.74) is 0.819. The monoisotopic (exact) mass is 306 g/mol. The van der Waals surface area contributed by atoms with Crippen LogP contribution in [0.1, 0.15) is 12.6 Å². The van der Waals surface area contributed by atoms with Gasteiger partial charge in [-0.3, -0.25) is 0 Å². The molecule has 0 radical (unpaired) electrons. The molecule has 0 spiro atoms. The van der Waals surface area contributed by atoms with Crippen molar-refractivity contribution in [2.75, 3.05) is 39.2 Å². The summed E-state index contributed by atoms with van der Waals surface area (Å²) >= 11 is 0. The van der Waals surface area contributed by atoms with Crippen LogP contribution in [0.25, 0.3) is 5.78 Å². The van der Waals surface area contributed by atoms with Crippen LogP contribution in [-0.2, 0) is 16.1 Å². The van der Waals surface area contributed by atoms with E-state index in [1.807, 2.05) is 6.07 Å². The molecular weight excluding hydrogens is 284 g/mol. The Kier molecular flexibility index (Phi) is 4.51. The lowest BCUT2D eigenvalue weighted by molar-refractivity contribution is -0.0260. The minimum absolute atomic E-state index is 0.136. The molecule has 3 rings (SSSR count). The lowest BCUT2D eigenvalue weighted by atomic mass is 10.1. The summed E-state index contributed by atoms with van der Waals surface area (Å²) in [6, 6.07) is 2.08. The van der Waals surface area contributed by atoms with Crippen molar-refractivity contribution in [1.82, 2.24) is 24.5 Å². The van der Waals surface area contributed by atoms with Gasteiger partial charge in [-0.25, -0.2) is 4.98 Å². The minimum atomic E-state index is 0.136. The lowest BCUT2D eigenvalue weighted by Crippen LogP contribution is -2.47. The van der Waals surface area contributed by atoms with E-state index in [0.29, 0.717) is 12.4 Å². The molecule has 120 valence electrons. The summed E-state index contributed by atoms with van der Waals surface area (Å²) < 4.78 is 12.7. The zero-order chi connectivity index (χ0) is 15.5. The number of rotatable bonds is 5. The van der Waals surface area contributed by atoms with Gasteiger partial charge in [0.2, 0.25) is 0 Å². The number of hydrogen-bond donors (Lipinski definition) is 1. The predicted molar refractivity (Wildman–Crippen MR) is 81.8 cm³/mol. The third-order valence-corrected chi connectivity index (χ3v) is 3.83. The van der Waals surface area contributed by atoms with Gasteiger partial charge in [0.05, 0.1) is 31.1 Å². The first-order chi connectivity index (χ1) is 10.7. The van der Waals surface area contributed by atoms with Crippen LogP contribution >= 0.6 is 0 Å². The molecule has 1 saturated heterocycles. The first-order valence-electron chi connectivity index (χ1n) is 7.42. The Balaban J connectivity index is 1.81. The largest absolute Gasteiger partial charge is 0.378 e. The molecule has 0 bridgehead atoms. The molecular formula is C14H22N6O2. The second-order valence-electron chi connectivity index (χ2n) is 5.64. The Morgan fingerprint density at radius 1 is 1.55 bits per heavy atom. The van der Waals surface area contributed by atoms with E-state index in [1.54, 1.807) is 11.6 Å². The molecule has 2 aromatic heterocycles. The molecule has 0 aromatic carbocycles. The van der Waals surface area contributed by atoms with Crippen molar-refractivity contribution < 1.29 is 9.47 Å². The van der Waals surface area contributed by atoms with E-state index in [2.05, 4.69) is 39.3 Å². The number of likely N-dealkylation sites (N-methyl/N-ethyl adjacent to an activating group) is 1. The third kappa shape index (κ3) is 3.18. The molecule has 2 atom stereocenters. The van der Waals surface area contributed by atoms with Gasteiger partial charge in [-0.2, -0.15) is 14.6 Å². The summed E-state index contributed by atoms with van der Waals surface area (Å²) in [6.45, 7) is 5.20. The van der Waals surface area contributed by atoms with Gasteiger partial charge < -0.3 is 19.7 Å². The van der Waals surface area contributed by atoms with Gasteiger partial charge in [-0.15, -0.1) is 0 Å². The maximum absolute atomic E-state index is 5.86. The number of aromatic nitrogens is 4. The Morgan fingerprint density at radius 3 is 3.18 bits per heavy atom. The highest BCUT2D eigenvalue weighted by atomic mass is 16.5. The average molecular weight is 306 g/mol. The number of hydrogen-bond acceptors (Lipinski definition) is 7. The van der Waals surface area contributed by atoms with Crippen molar-refractivity contribution in [3.63, 3.8) is 0 Å².